The second-order valence-corrected chi connectivity index (χ2v) is 8.78. The van der Waals surface area contributed by atoms with E-state index >= 15 is 0 Å². The molecule has 5 rings (SSSR count). The standard InChI is InChI=1S/C23H30N8O/c1-32-21-10-22(27-26-13-21)23-16-31(29-28-23)15-19-7-8-20(12-25-19)30-9-3-6-18(14-30)24-11-17-4-2-5-17/h7-8,10,12-13,16-18,24H,2-6,9,11,14-15H2,1H3. The van der Waals surface area contributed by atoms with Crippen molar-refractivity contribution >= 4 is 5.69 Å². The van der Waals surface area contributed by atoms with Gasteiger partial charge in [0.2, 0.25) is 0 Å². The van der Waals surface area contributed by atoms with Crippen LogP contribution in [-0.2, 0) is 6.54 Å². The number of aromatic nitrogens is 6. The largest absolute Gasteiger partial charge is 0.495 e. The fraction of sp³-hybridized carbons (Fsp3) is 0.522. The number of anilines is 1. The molecule has 0 radical (unpaired) electrons. The number of methoxy groups -OCH3 is 1. The van der Waals surface area contributed by atoms with Gasteiger partial charge in [0.15, 0.2) is 0 Å². The maximum absolute atomic E-state index is 5.20. The van der Waals surface area contributed by atoms with E-state index in [1.54, 1.807) is 24.1 Å². The monoisotopic (exact) mass is 434 g/mol. The summed E-state index contributed by atoms with van der Waals surface area (Å²) < 4.78 is 6.97. The molecule has 0 aromatic carbocycles. The zero-order chi connectivity index (χ0) is 21.8. The van der Waals surface area contributed by atoms with Gasteiger partial charge in [0.1, 0.15) is 17.1 Å². The molecular formula is C23H30N8O. The summed E-state index contributed by atoms with van der Waals surface area (Å²) >= 11 is 0. The van der Waals surface area contributed by atoms with Crippen LogP contribution in [0.5, 0.6) is 5.75 Å². The van der Waals surface area contributed by atoms with Gasteiger partial charge in [0.25, 0.3) is 0 Å². The molecule has 9 heteroatoms. The summed E-state index contributed by atoms with van der Waals surface area (Å²) in [5.74, 6) is 1.54. The van der Waals surface area contributed by atoms with Gasteiger partial charge in [-0.25, -0.2) is 4.68 Å². The first-order valence-electron chi connectivity index (χ1n) is 11.5. The molecule has 4 heterocycles. The number of nitrogens with one attached hydrogen (secondary N) is 1. The number of hydrogen-bond acceptors (Lipinski definition) is 8. The Morgan fingerprint density at radius 2 is 2.03 bits per heavy atom. The lowest BCUT2D eigenvalue weighted by Gasteiger charge is -2.36. The molecule has 168 valence electrons. The van der Waals surface area contributed by atoms with Crippen LogP contribution in [0.4, 0.5) is 5.69 Å². The van der Waals surface area contributed by atoms with E-state index in [4.69, 9.17) is 4.74 Å². The van der Waals surface area contributed by atoms with E-state index in [1.807, 2.05) is 12.4 Å². The molecule has 1 aliphatic heterocycles. The summed E-state index contributed by atoms with van der Waals surface area (Å²) in [6, 6.07) is 6.62. The first-order valence-corrected chi connectivity index (χ1v) is 11.5. The van der Waals surface area contributed by atoms with Gasteiger partial charge in [-0.15, -0.1) is 10.2 Å². The number of pyridine rings is 1. The van der Waals surface area contributed by atoms with Crippen molar-refractivity contribution in [3.05, 3.63) is 42.5 Å². The van der Waals surface area contributed by atoms with E-state index in [2.05, 4.69) is 47.8 Å². The van der Waals surface area contributed by atoms with Crippen LogP contribution in [0.2, 0.25) is 0 Å². The normalized spacial score (nSPS) is 19.0. The highest BCUT2D eigenvalue weighted by Gasteiger charge is 2.23. The highest BCUT2D eigenvalue weighted by molar-refractivity contribution is 5.53. The number of nitrogens with zero attached hydrogens (tertiary/aromatic N) is 7. The van der Waals surface area contributed by atoms with Crippen LogP contribution >= 0.6 is 0 Å². The number of ether oxygens (including phenoxy) is 1. The summed E-state index contributed by atoms with van der Waals surface area (Å²) in [5.41, 5.74) is 3.42. The highest BCUT2D eigenvalue weighted by Crippen LogP contribution is 2.26. The smallest absolute Gasteiger partial charge is 0.141 e. The van der Waals surface area contributed by atoms with Gasteiger partial charge in [0.05, 0.1) is 43.6 Å². The lowest BCUT2D eigenvalue weighted by atomic mass is 9.85. The third kappa shape index (κ3) is 4.88. The molecule has 1 saturated carbocycles. The van der Waals surface area contributed by atoms with E-state index in [-0.39, 0.29) is 0 Å². The zero-order valence-electron chi connectivity index (χ0n) is 18.5. The maximum Gasteiger partial charge on any atom is 0.141 e. The van der Waals surface area contributed by atoms with Gasteiger partial charge in [-0.05, 0) is 50.3 Å². The van der Waals surface area contributed by atoms with Crippen LogP contribution in [0, 0.1) is 5.92 Å². The van der Waals surface area contributed by atoms with Crippen LogP contribution in [0.15, 0.2) is 36.8 Å². The zero-order valence-corrected chi connectivity index (χ0v) is 18.5. The molecule has 1 saturated heterocycles. The van der Waals surface area contributed by atoms with Crippen LogP contribution in [-0.4, -0.2) is 63.0 Å². The maximum atomic E-state index is 5.20. The predicted molar refractivity (Wildman–Crippen MR) is 122 cm³/mol. The van der Waals surface area contributed by atoms with Crippen molar-refractivity contribution in [2.75, 3.05) is 31.6 Å². The van der Waals surface area contributed by atoms with Crippen molar-refractivity contribution in [2.45, 2.75) is 44.7 Å². The summed E-state index contributed by atoms with van der Waals surface area (Å²) in [6.45, 7) is 3.88. The van der Waals surface area contributed by atoms with Gasteiger partial charge in [-0.2, -0.15) is 5.10 Å². The molecule has 0 bridgehead atoms. The molecule has 9 nitrogen and oxygen atoms in total. The Hall–Kier alpha value is -3.07. The minimum absolute atomic E-state index is 0.552. The molecule has 1 atom stereocenters. The van der Waals surface area contributed by atoms with Crippen molar-refractivity contribution in [1.82, 2.24) is 35.5 Å². The molecule has 2 aliphatic rings. The lowest BCUT2D eigenvalue weighted by Crippen LogP contribution is -2.47. The van der Waals surface area contributed by atoms with Crippen LogP contribution in [0.25, 0.3) is 11.4 Å². The first-order chi connectivity index (χ1) is 15.8. The summed E-state index contributed by atoms with van der Waals surface area (Å²) in [4.78, 5) is 7.13. The van der Waals surface area contributed by atoms with Gasteiger partial charge >= 0.3 is 0 Å². The Morgan fingerprint density at radius 3 is 2.81 bits per heavy atom. The highest BCUT2D eigenvalue weighted by atomic mass is 16.5. The second kappa shape index (κ2) is 9.60. The van der Waals surface area contributed by atoms with Crippen molar-refractivity contribution in [3.8, 4) is 17.1 Å². The molecule has 32 heavy (non-hydrogen) atoms. The Morgan fingerprint density at radius 1 is 1.09 bits per heavy atom. The van der Waals surface area contributed by atoms with Gasteiger partial charge in [-0.3, -0.25) is 4.98 Å². The molecule has 3 aromatic heterocycles. The summed E-state index contributed by atoms with van der Waals surface area (Å²) in [7, 11) is 1.60. The Kier molecular flexibility index (Phi) is 6.24. The minimum atomic E-state index is 0.552. The Labute approximate surface area is 188 Å². The average molecular weight is 435 g/mol. The molecule has 0 spiro atoms. The number of hydrogen-bond donors (Lipinski definition) is 1. The Bertz CT molecular complexity index is 1020. The van der Waals surface area contributed by atoms with Crippen LogP contribution in [0.3, 0.4) is 0 Å². The van der Waals surface area contributed by atoms with Gasteiger partial charge in [0, 0.05) is 25.2 Å². The predicted octanol–water partition coefficient (Wildman–Crippen LogP) is 2.55. The van der Waals surface area contributed by atoms with Crippen LogP contribution in [0.1, 0.15) is 37.8 Å². The summed E-state index contributed by atoms with van der Waals surface area (Å²) in [6.07, 6.45) is 12.1. The minimum Gasteiger partial charge on any atom is -0.495 e. The fourth-order valence-electron chi connectivity index (χ4n) is 4.35. The molecular weight excluding hydrogens is 404 g/mol. The first kappa shape index (κ1) is 20.8. The van der Waals surface area contributed by atoms with E-state index in [0.717, 1.165) is 24.7 Å². The molecule has 1 aliphatic carbocycles. The average Bonchev–Trinajstić information content (AvgIpc) is 3.27. The Balaban J connectivity index is 1.18. The molecule has 3 aromatic rings. The van der Waals surface area contributed by atoms with Gasteiger partial charge in [-0.1, -0.05) is 11.6 Å². The van der Waals surface area contributed by atoms with Crippen LogP contribution < -0.4 is 15.0 Å². The fourth-order valence-corrected chi connectivity index (χ4v) is 4.35. The SMILES string of the molecule is COc1cnnc(-c2cn(Cc3ccc(N4CCCC(NCC5CCC5)C4)cn3)nn2)c1. The van der Waals surface area contributed by atoms with E-state index < -0.39 is 0 Å². The van der Waals surface area contributed by atoms with Crippen molar-refractivity contribution in [3.63, 3.8) is 0 Å². The quantitative estimate of drug-likeness (QED) is 0.578. The second-order valence-electron chi connectivity index (χ2n) is 8.78. The molecule has 1 N–H and O–H groups in total. The van der Waals surface area contributed by atoms with Crippen molar-refractivity contribution < 1.29 is 4.74 Å². The number of rotatable bonds is 8. The van der Waals surface area contributed by atoms with E-state index in [0.29, 0.717) is 29.7 Å². The van der Waals surface area contributed by atoms with E-state index in [9.17, 15) is 0 Å². The van der Waals surface area contributed by atoms with E-state index in [1.165, 1.54) is 44.3 Å². The molecule has 0 amide bonds. The van der Waals surface area contributed by atoms with Crippen molar-refractivity contribution in [1.29, 1.82) is 0 Å². The third-order valence-corrected chi connectivity index (χ3v) is 6.51. The molecule has 2 fully saturated rings. The summed E-state index contributed by atoms with van der Waals surface area (Å²) in [5, 5.41) is 20.3. The number of piperidine rings is 1. The lowest BCUT2D eigenvalue weighted by molar-refractivity contribution is 0.280. The topological polar surface area (TPSA) is 93.9 Å². The molecule has 1 unspecified atom stereocenters. The third-order valence-electron chi connectivity index (χ3n) is 6.51. The van der Waals surface area contributed by atoms with Crippen molar-refractivity contribution in [2.24, 2.45) is 5.92 Å². The van der Waals surface area contributed by atoms with Gasteiger partial charge < -0.3 is 15.0 Å².